The van der Waals surface area contributed by atoms with Crippen LogP contribution >= 0.6 is 0 Å². The van der Waals surface area contributed by atoms with Crippen molar-refractivity contribution in [2.75, 3.05) is 41.7 Å². The van der Waals surface area contributed by atoms with E-state index in [2.05, 4.69) is 20.9 Å². The Labute approximate surface area is 174 Å². The summed E-state index contributed by atoms with van der Waals surface area (Å²) in [6.45, 7) is 3.70. The summed E-state index contributed by atoms with van der Waals surface area (Å²) in [5.74, 6) is 1.34. The molecule has 154 valence electrons. The van der Waals surface area contributed by atoms with Crippen LogP contribution in [0.4, 0.5) is 23.0 Å². The first-order valence-corrected chi connectivity index (χ1v) is 9.73. The van der Waals surface area contributed by atoms with Gasteiger partial charge in [-0.25, -0.2) is 9.97 Å². The van der Waals surface area contributed by atoms with E-state index in [0.29, 0.717) is 17.1 Å². The van der Waals surface area contributed by atoms with Gasteiger partial charge in [0.05, 0.1) is 22.4 Å². The van der Waals surface area contributed by atoms with Crippen LogP contribution in [0, 0.1) is 32.8 Å². The zero-order chi connectivity index (χ0) is 21.5. The summed E-state index contributed by atoms with van der Waals surface area (Å²) in [7, 11) is 0. The van der Waals surface area contributed by atoms with Gasteiger partial charge in [-0.3, -0.25) is 10.1 Å². The maximum Gasteiger partial charge on any atom is 0.289 e. The van der Waals surface area contributed by atoms with Crippen molar-refractivity contribution in [2.24, 2.45) is 0 Å². The number of nitro groups is 1. The smallest absolute Gasteiger partial charge is 0.289 e. The van der Waals surface area contributed by atoms with Gasteiger partial charge in [0.1, 0.15) is 35.5 Å². The quantitative estimate of drug-likeness (QED) is 0.599. The molecule has 2 saturated heterocycles. The van der Waals surface area contributed by atoms with E-state index in [9.17, 15) is 10.1 Å². The van der Waals surface area contributed by atoms with Crippen LogP contribution in [-0.4, -0.2) is 41.1 Å². The number of pyridine rings is 2. The van der Waals surface area contributed by atoms with E-state index in [0.717, 1.165) is 44.8 Å². The fourth-order valence-corrected chi connectivity index (χ4v) is 3.55. The normalized spacial score (nSPS) is 15.1. The van der Waals surface area contributed by atoms with Gasteiger partial charge < -0.3 is 15.5 Å². The van der Waals surface area contributed by atoms with Crippen molar-refractivity contribution >= 4 is 23.0 Å². The monoisotopic (exact) mass is 406 g/mol. The first kappa shape index (κ1) is 20.8. The standard InChI is InChI=1S/C10H10N4O2.C10H12N4/c11-6-8-5-9(14(15)16)7-12-10(8)13-3-1-2-4-13;11-6-8-5-9(12)7-13-10(8)14-3-1-2-4-14/h5,7H,1-4H2;5,7H,1-4,12H2. The number of aromatic nitrogens is 2. The predicted molar refractivity (Wildman–Crippen MR) is 112 cm³/mol. The second-order valence-electron chi connectivity index (χ2n) is 7.07. The zero-order valence-corrected chi connectivity index (χ0v) is 16.5. The van der Waals surface area contributed by atoms with Gasteiger partial charge in [0.2, 0.25) is 0 Å². The van der Waals surface area contributed by atoms with E-state index < -0.39 is 4.92 Å². The van der Waals surface area contributed by atoms with Crippen LogP contribution in [0.25, 0.3) is 0 Å². The average molecular weight is 406 g/mol. The summed E-state index contributed by atoms with van der Waals surface area (Å²) in [4.78, 5) is 22.4. The number of nitriles is 2. The Bertz CT molecular complexity index is 999. The highest BCUT2D eigenvalue weighted by Crippen LogP contribution is 2.25. The number of nitrogens with two attached hydrogens (primary N) is 1. The van der Waals surface area contributed by atoms with Gasteiger partial charge in [-0.1, -0.05) is 0 Å². The van der Waals surface area contributed by atoms with Crippen LogP contribution in [-0.2, 0) is 0 Å². The fourth-order valence-electron chi connectivity index (χ4n) is 3.55. The van der Waals surface area contributed by atoms with Gasteiger partial charge in [0.15, 0.2) is 0 Å². The Morgan fingerprint density at radius 3 is 1.83 bits per heavy atom. The second kappa shape index (κ2) is 9.52. The molecule has 4 heterocycles. The SMILES string of the molecule is N#Cc1cc(N)cnc1N1CCCC1.N#Cc1cc([N+](=O)[O-])cnc1N1CCCC1. The van der Waals surface area contributed by atoms with Crippen LogP contribution in [0.3, 0.4) is 0 Å². The molecule has 2 aromatic rings. The highest BCUT2D eigenvalue weighted by molar-refractivity contribution is 5.59. The average Bonchev–Trinajstić information content (AvgIpc) is 3.48. The number of nitrogens with zero attached hydrogens (tertiary/aromatic N) is 7. The molecule has 10 nitrogen and oxygen atoms in total. The van der Waals surface area contributed by atoms with E-state index in [1.165, 1.54) is 25.1 Å². The summed E-state index contributed by atoms with van der Waals surface area (Å²) in [6.07, 6.45) is 7.31. The Balaban J connectivity index is 0.000000172. The van der Waals surface area contributed by atoms with Gasteiger partial charge in [0.25, 0.3) is 5.69 Å². The zero-order valence-electron chi connectivity index (χ0n) is 16.5. The van der Waals surface area contributed by atoms with Gasteiger partial charge in [-0.15, -0.1) is 0 Å². The first-order chi connectivity index (χ1) is 14.5. The van der Waals surface area contributed by atoms with Gasteiger partial charge >= 0.3 is 0 Å². The van der Waals surface area contributed by atoms with Gasteiger partial charge in [0, 0.05) is 32.2 Å². The number of hydrogen-bond acceptors (Lipinski definition) is 9. The number of anilines is 3. The molecule has 0 amide bonds. The molecule has 0 aromatic carbocycles. The molecule has 2 aliphatic rings. The number of nitrogen functional groups attached to an aromatic ring is 1. The summed E-state index contributed by atoms with van der Waals surface area (Å²) in [5.41, 5.74) is 6.83. The molecule has 0 aliphatic carbocycles. The molecule has 0 saturated carbocycles. The molecule has 4 rings (SSSR count). The molecule has 0 atom stereocenters. The van der Waals surface area contributed by atoms with Crippen molar-refractivity contribution in [3.05, 3.63) is 45.8 Å². The first-order valence-electron chi connectivity index (χ1n) is 9.73. The minimum absolute atomic E-state index is 0.139. The molecule has 0 radical (unpaired) electrons. The molecule has 2 fully saturated rings. The minimum Gasteiger partial charge on any atom is -0.397 e. The van der Waals surface area contributed by atoms with E-state index in [4.69, 9.17) is 16.3 Å². The summed E-state index contributed by atoms with van der Waals surface area (Å²) in [5, 5.41) is 28.4. The number of hydrogen-bond donors (Lipinski definition) is 1. The molecule has 30 heavy (non-hydrogen) atoms. The van der Waals surface area contributed by atoms with Gasteiger partial charge in [-0.05, 0) is 31.7 Å². The molecular weight excluding hydrogens is 384 g/mol. The van der Waals surface area contributed by atoms with E-state index in [-0.39, 0.29) is 11.3 Å². The van der Waals surface area contributed by atoms with Crippen molar-refractivity contribution in [2.45, 2.75) is 25.7 Å². The summed E-state index contributed by atoms with van der Waals surface area (Å²) >= 11 is 0. The highest BCUT2D eigenvalue weighted by Gasteiger charge is 2.20. The van der Waals surface area contributed by atoms with E-state index >= 15 is 0 Å². The fraction of sp³-hybridized carbons (Fsp3) is 0.400. The van der Waals surface area contributed by atoms with Gasteiger partial charge in [-0.2, -0.15) is 10.5 Å². The molecule has 0 spiro atoms. The van der Waals surface area contributed by atoms with Crippen LogP contribution in [0.1, 0.15) is 36.8 Å². The lowest BCUT2D eigenvalue weighted by Gasteiger charge is -2.17. The second-order valence-corrected chi connectivity index (χ2v) is 7.07. The van der Waals surface area contributed by atoms with Crippen LogP contribution < -0.4 is 15.5 Å². The third-order valence-electron chi connectivity index (χ3n) is 5.00. The lowest BCUT2D eigenvalue weighted by Crippen LogP contribution is -2.20. The Hall–Kier alpha value is -3.92. The van der Waals surface area contributed by atoms with Crippen molar-refractivity contribution in [1.29, 1.82) is 10.5 Å². The topological polar surface area (TPSA) is 149 Å². The van der Waals surface area contributed by atoms with Crippen LogP contribution in [0.5, 0.6) is 0 Å². The van der Waals surface area contributed by atoms with Crippen molar-refractivity contribution < 1.29 is 4.92 Å². The highest BCUT2D eigenvalue weighted by atomic mass is 16.6. The van der Waals surface area contributed by atoms with Crippen LogP contribution in [0.15, 0.2) is 24.5 Å². The number of rotatable bonds is 3. The largest absolute Gasteiger partial charge is 0.397 e. The van der Waals surface area contributed by atoms with Crippen LogP contribution in [0.2, 0.25) is 0 Å². The molecule has 2 aromatic heterocycles. The minimum atomic E-state index is -0.540. The maximum absolute atomic E-state index is 10.5. The molecular formula is C20H22N8O2. The Morgan fingerprint density at radius 2 is 1.37 bits per heavy atom. The molecule has 0 unspecified atom stereocenters. The van der Waals surface area contributed by atoms with Crippen molar-refractivity contribution in [3.8, 4) is 12.1 Å². The molecule has 10 heteroatoms. The lowest BCUT2D eigenvalue weighted by molar-refractivity contribution is -0.385. The summed E-state index contributed by atoms with van der Waals surface area (Å²) < 4.78 is 0. The Morgan fingerprint density at radius 1 is 0.900 bits per heavy atom. The third kappa shape index (κ3) is 4.73. The molecule has 2 N–H and O–H groups in total. The summed E-state index contributed by atoms with van der Waals surface area (Å²) in [6, 6.07) is 7.05. The van der Waals surface area contributed by atoms with E-state index in [1.54, 1.807) is 12.3 Å². The molecule has 2 aliphatic heterocycles. The van der Waals surface area contributed by atoms with Crippen molar-refractivity contribution in [1.82, 2.24) is 9.97 Å². The lowest BCUT2D eigenvalue weighted by atomic mass is 10.2. The Kier molecular flexibility index (Phi) is 6.60. The molecule has 0 bridgehead atoms. The maximum atomic E-state index is 10.5. The predicted octanol–water partition coefficient (Wildman–Crippen LogP) is 2.60. The third-order valence-corrected chi connectivity index (χ3v) is 5.00. The van der Waals surface area contributed by atoms with Crippen molar-refractivity contribution in [3.63, 3.8) is 0 Å². The van der Waals surface area contributed by atoms with E-state index in [1.807, 2.05) is 11.0 Å².